The Morgan fingerprint density at radius 2 is 1.79 bits per heavy atom. The maximum Gasteiger partial charge on any atom is 0.304 e. The highest BCUT2D eigenvalue weighted by atomic mass is 33.1. The molecular formula is C10H13NO5S3. The Labute approximate surface area is 122 Å². The molecule has 0 fully saturated rings. The largest absolute Gasteiger partial charge is 0.481 e. The van der Waals surface area contributed by atoms with Crippen LogP contribution in [0.15, 0.2) is 0 Å². The molecule has 2 N–H and O–H groups in total. The second-order valence-corrected chi connectivity index (χ2v) is 7.58. The summed E-state index contributed by atoms with van der Waals surface area (Å²) in [7, 11) is 1.85. The molecule has 0 aliphatic carbocycles. The molecule has 9 heteroatoms. The minimum atomic E-state index is -0.991. The molecule has 1 unspecified atom stereocenters. The molecule has 0 aliphatic heterocycles. The van der Waals surface area contributed by atoms with Crippen LogP contribution >= 0.6 is 33.3 Å². The van der Waals surface area contributed by atoms with Gasteiger partial charge in [0.15, 0.2) is 0 Å². The van der Waals surface area contributed by atoms with Crippen molar-refractivity contribution in [1.29, 1.82) is 5.26 Å². The summed E-state index contributed by atoms with van der Waals surface area (Å²) < 4.78 is -1.24. The van der Waals surface area contributed by atoms with Gasteiger partial charge in [-0.15, -0.1) is 0 Å². The summed E-state index contributed by atoms with van der Waals surface area (Å²) in [6.45, 7) is 1.57. The molecule has 0 saturated heterocycles. The van der Waals surface area contributed by atoms with E-state index in [4.69, 9.17) is 15.5 Å². The van der Waals surface area contributed by atoms with Crippen LogP contribution in [-0.2, 0) is 9.59 Å². The Balaban J connectivity index is 4.06. The number of carbonyl (C=O) groups is 3. The molecule has 0 amide bonds. The summed E-state index contributed by atoms with van der Waals surface area (Å²) in [4.78, 5) is 32.1. The molecule has 0 aromatic carbocycles. The van der Waals surface area contributed by atoms with Gasteiger partial charge in [-0.2, -0.15) is 5.26 Å². The predicted octanol–water partition coefficient (Wildman–Crippen LogP) is 2.84. The second-order valence-electron chi connectivity index (χ2n) is 3.65. The highest BCUT2D eigenvalue weighted by molar-refractivity contribution is 8.86. The molecule has 0 spiro atoms. The minimum absolute atomic E-state index is 0.101. The van der Waals surface area contributed by atoms with Crippen LogP contribution in [-0.4, -0.2) is 37.1 Å². The van der Waals surface area contributed by atoms with Gasteiger partial charge < -0.3 is 10.2 Å². The molecular weight excluding hydrogens is 310 g/mol. The zero-order chi connectivity index (χ0) is 14.9. The zero-order valence-electron chi connectivity index (χ0n) is 10.1. The highest BCUT2D eigenvalue weighted by Crippen LogP contribution is 2.41. The van der Waals surface area contributed by atoms with Gasteiger partial charge in [-0.3, -0.25) is 14.4 Å². The Hall–Kier alpha value is -0.850. The Morgan fingerprint density at radius 3 is 2.26 bits per heavy atom. The van der Waals surface area contributed by atoms with Crippen molar-refractivity contribution in [2.75, 3.05) is 5.75 Å². The van der Waals surface area contributed by atoms with Gasteiger partial charge in [-0.25, -0.2) is 0 Å². The van der Waals surface area contributed by atoms with E-state index in [0.717, 1.165) is 33.3 Å². The number of thioether (sulfide) groups is 1. The lowest BCUT2D eigenvalue weighted by atomic mass is 10.1. The number of carbonyl (C=O) groups excluding carboxylic acids is 1. The monoisotopic (exact) mass is 323 g/mol. The smallest absolute Gasteiger partial charge is 0.304 e. The predicted molar refractivity (Wildman–Crippen MR) is 76.2 cm³/mol. The normalized spacial score (nSPS) is 13.3. The molecule has 0 aromatic rings. The fourth-order valence-corrected chi connectivity index (χ4v) is 4.05. The number of rotatable bonds is 8. The summed E-state index contributed by atoms with van der Waals surface area (Å²) >= 11 is 0.877. The topological polar surface area (TPSA) is 115 Å². The first-order chi connectivity index (χ1) is 8.79. The Kier molecular flexibility index (Phi) is 8.71. The molecule has 0 rings (SSSR count). The number of hydrogen-bond donors (Lipinski definition) is 2. The van der Waals surface area contributed by atoms with Gasteiger partial charge in [0.05, 0.1) is 12.5 Å². The first-order valence-corrected chi connectivity index (χ1v) is 8.30. The average molecular weight is 323 g/mol. The molecule has 106 valence electrons. The fraction of sp³-hybridized carbons (Fsp3) is 0.600. The standard InChI is InChI=1S/C10H13NO5S3/c1-10(6-11,4-2-7(12)13)19-18-9(16)17-5-3-8(14)15/h2-5H2,1H3,(H,12,13)(H,14,15). The van der Waals surface area contributed by atoms with Crippen LogP contribution in [0.4, 0.5) is 4.79 Å². The van der Waals surface area contributed by atoms with Crippen molar-refractivity contribution in [2.24, 2.45) is 0 Å². The fourth-order valence-electron chi connectivity index (χ4n) is 0.833. The van der Waals surface area contributed by atoms with Gasteiger partial charge in [-0.1, -0.05) is 22.6 Å². The first kappa shape index (κ1) is 18.1. The lowest BCUT2D eigenvalue weighted by Crippen LogP contribution is -2.18. The maximum absolute atomic E-state index is 11.4. The molecule has 1 atom stereocenters. The summed E-state index contributed by atoms with van der Waals surface area (Å²) in [6, 6.07) is 1.99. The average Bonchev–Trinajstić information content (AvgIpc) is 2.33. The third-order valence-electron chi connectivity index (χ3n) is 1.88. The number of nitrogens with zero attached hydrogens (tertiary/aromatic N) is 1. The number of carboxylic acids is 2. The number of aliphatic carboxylic acids is 2. The molecule has 0 radical (unpaired) electrons. The van der Waals surface area contributed by atoms with Gasteiger partial charge in [-0.05, 0) is 24.1 Å². The van der Waals surface area contributed by atoms with E-state index in [-0.39, 0.29) is 29.5 Å². The summed E-state index contributed by atoms with van der Waals surface area (Å²) in [6.07, 6.45) is -0.0995. The van der Waals surface area contributed by atoms with Crippen LogP contribution < -0.4 is 0 Å². The molecule has 6 nitrogen and oxygen atoms in total. The van der Waals surface area contributed by atoms with Crippen molar-refractivity contribution < 1.29 is 24.6 Å². The van der Waals surface area contributed by atoms with Crippen LogP contribution in [0.1, 0.15) is 26.2 Å². The number of hydrogen-bond acceptors (Lipinski definition) is 7. The van der Waals surface area contributed by atoms with Gasteiger partial charge in [0.2, 0.25) is 0 Å². The third-order valence-corrected chi connectivity index (χ3v) is 6.14. The zero-order valence-corrected chi connectivity index (χ0v) is 12.6. The van der Waals surface area contributed by atoms with E-state index < -0.39 is 16.7 Å². The first-order valence-electron chi connectivity index (χ1n) is 5.16. The van der Waals surface area contributed by atoms with E-state index in [0.29, 0.717) is 0 Å². The highest BCUT2D eigenvalue weighted by Gasteiger charge is 2.27. The summed E-state index contributed by atoms with van der Waals surface area (Å²) in [5, 5.41) is 26.0. The van der Waals surface area contributed by atoms with E-state index >= 15 is 0 Å². The second kappa shape index (κ2) is 9.12. The van der Waals surface area contributed by atoms with Crippen LogP contribution in [0.5, 0.6) is 0 Å². The molecule has 0 saturated carbocycles. The Bertz CT molecular complexity index is 395. The number of nitriles is 1. The van der Waals surface area contributed by atoms with Crippen LogP contribution in [0, 0.1) is 11.3 Å². The van der Waals surface area contributed by atoms with Crippen molar-refractivity contribution >= 4 is 49.7 Å². The molecule has 0 bridgehead atoms. The maximum atomic E-state index is 11.4. The van der Waals surface area contributed by atoms with E-state index in [1.807, 2.05) is 6.07 Å². The van der Waals surface area contributed by atoms with Gasteiger partial charge in [0.1, 0.15) is 4.75 Å². The van der Waals surface area contributed by atoms with E-state index in [1.165, 1.54) is 0 Å². The third kappa shape index (κ3) is 9.69. The van der Waals surface area contributed by atoms with Crippen molar-refractivity contribution in [1.82, 2.24) is 0 Å². The van der Waals surface area contributed by atoms with Crippen molar-refractivity contribution in [3.05, 3.63) is 0 Å². The summed E-state index contributed by atoms with van der Waals surface area (Å²) in [5.41, 5.74) is 0. The van der Waals surface area contributed by atoms with Crippen molar-refractivity contribution in [3.63, 3.8) is 0 Å². The van der Waals surface area contributed by atoms with Gasteiger partial charge >= 0.3 is 11.9 Å². The van der Waals surface area contributed by atoms with E-state index in [9.17, 15) is 14.4 Å². The Morgan fingerprint density at radius 1 is 1.21 bits per heavy atom. The minimum Gasteiger partial charge on any atom is -0.481 e. The van der Waals surface area contributed by atoms with Crippen molar-refractivity contribution in [3.8, 4) is 6.07 Å². The van der Waals surface area contributed by atoms with Crippen molar-refractivity contribution in [2.45, 2.75) is 30.9 Å². The van der Waals surface area contributed by atoms with Crippen LogP contribution in [0.2, 0.25) is 0 Å². The quantitative estimate of drug-likeness (QED) is 0.650. The van der Waals surface area contributed by atoms with E-state index in [2.05, 4.69) is 0 Å². The van der Waals surface area contributed by atoms with Gasteiger partial charge in [0.25, 0.3) is 4.45 Å². The SMILES string of the molecule is CC(C#N)(CCC(=O)O)SSC(=O)SCCC(=O)O. The molecule has 0 heterocycles. The molecule has 0 aromatic heterocycles. The molecule has 19 heavy (non-hydrogen) atoms. The number of carboxylic acid groups (broad SMARTS) is 2. The lowest BCUT2D eigenvalue weighted by molar-refractivity contribution is -0.137. The lowest BCUT2D eigenvalue weighted by Gasteiger charge is -2.17. The van der Waals surface area contributed by atoms with Crippen LogP contribution in [0.25, 0.3) is 0 Å². The summed E-state index contributed by atoms with van der Waals surface area (Å²) in [5.74, 6) is -1.78. The van der Waals surface area contributed by atoms with E-state index in [1.54, 1.807) is 6.92 Å². The van der Waals surface area contributed by atoms with Crippen LogP contribution in [0.3, 0.4) is 0 Å². The molecule has 0 aliphatic rings. The van der Waals surface area contributed by atoms with Gasteiger partial charge in [0, 0.05) is 12.2 Å².